The second kappa shape index (κ2) is 6.01. The summed E-state index contributed by atoms with van der Waals surface area (Å²) in [4.78, 5) is 16.3. The van der Waals surface area contributed by atoms with Crippen molar-refractivity contribution >= 4 is 21.8 Å². The molecule has 1 saturated heterocycles. The highest BCUT2D eigenvalue weighted by Gasteiger charge is 2.23. The van der Waals surface area contributed by atoms with Gasteiger partial charge in [0.25, 0.3) is 5.91 Å². The lowest BCUT2D eigenvalue weighted by atomic mass is 10.1. The van der Waals surface area contributed by atoms with Crippen molar-refractivity contribution < 1.29 is 9.18 Å². The number of carbonyl (C=O) groups is 1. The third kappa shape index (κ3) is 3.54. The van der Waals surface area contributed by atoms with Crippen molar-refractivity contribution in [2.45, 2.75) is 6.42 Å². The number of nitrogens with zero attached hydrogens (tertiary/aromatic N) is 2. The highest BCUT2D eigenvalue weighted by molar-refractivity contribution is 9.10. The third-order valence-electron chi connectivity index (χ3n) is 3.53. The molecule has 5 heteroatoms. The molecule has 0 radical (unpaired) electrons. The van der Waals surface area contributed by atoms with E-state index in [0.29, 0.717) is 16.0 Å². The van der Waals surface area contributed by atoms with Crippen molar-refractivity contribution in [3.05, 3.63) is 34.1 Å². The smallest absolute Gasteiger partial charge is 0.254 e. The molecule has 2 rings (SSSR count). The van der Waals surface area contributed by atoms with Crippen molar-refractivity contribution in [3.8, 4) is 0 Å². The largest absolute Gasteiger partial charge is 0.341 e. The molecule has 0 bridgehead atoms. The van der Waals surface area contributed by atoms with Crippen LogP contribution < -0.4 is 0 Å². The maximum atomic E-state index is 13.0. The number of rotatable bonds is 3. The van der Waals surface area contributed by atoms with Crippen LogP contribution in [0.1, 0.15) is 16.8 Å². The summed E-state index contributed by atoms with van der Waals surface area (Å²) in [5, 5.41) is 0. The molecular formula is C14H18BrFN2O. The summed E-state index contributed by atoms with van der Waals surface area (Å²) in [7, 11) is 3.90. The molecule has 1 unspecified atom stereocenters. The molecule has 0 saturated carbocycles. The molecule has 1 amide bonds. The number of benzene rings is 1. The predicted molar refractivity (Wildman–Crippen MR) is 76.7 cm³/mol. The van der Waals surface area contributed by atoms with E-state index < -0.39 is 0 Å². The second-order valence-electron chi connectivity index (χ2n) is 5.23. The summed E-state index contributed by atoms with van der Waals surface area (Å²) in [6, 6.07) is 4.17. The Hall–Kier alpha value is -0.940. The normalized spacial score (nSPS) is 19.7. The van der Waals surface area contributed by atoms with Crippen LogP contribution in [0.5, 0.6) is 0 Å². The van der Waals surface area contributed by atoms with E-state index in [1.165, 1.54) is 18.2 Å². The van der Waals surface area contributed by atoms with E-state index in [4.69, 9.17) is 0 Å². The summed E-state index contributed by atoms with van der Waals surface area (Å²) in [5.74, 6) is 0.114. The van der Waals surface area contributed by atoms with Crippen molar-refractivity contribution in [1.29, 1.82) is 0 Å². The van der Waals surface area contributed by atoms with Crippen molar-refractivity contribution in [3.63, 3.8) is 0 Å². The van der Waals surface area contributed by atoms with E-state index in [0.717, 1.165) is 26.1 Å². The van der Waals surface area contributed by atoms with Crippen LogP contribution in [0.4, 0.5) is 4.39 Å². The molecule has 1 aromatic rings. The number of halogens is 2. The predicted octanol–water partition coefficient (Wildman–Crippen LogP) is 2.61. The van der Waals surface area contributed by atoms with Gasteiger partial charge in [-0.2, -0.15) is 0 Å². The lowest BCUT2D eigenvalue weighted by Crippen LogP contribution is -2.33. The van der Waals surface area contributed by atoms with E-state index in [-0.39, 0.29) is 11.7 Å². The first kappa shape index (κ1) is 14.5. The molecule has 0 N–H and O–H groups in total. The Morgan fingerprint density at radius 1 is 1.58 bits per heavy atom. The van der Waals surface area contributed by atoms with Crippen molar-refractivity contribution in [2.24, 2.45) is 5.92 Å². The molecule has 1 heterocycles. The zero-order valence-electron chi connectivity index (χ0n) is 11.2. The highest BCUT2D eigenvalue weighted by atomic mass is 79.9. The Bertz CT molecular complexity index is 481. The molecule has 0 spiro atoms. The van der Waals surface area contributed by atoms with Gasteiger partial charge in [0.05, 0.1) is 5.56 Å². The molecule has 1 fully saturated rings. The maximum Gasteiger partial charge on any atom is 0.254 e. The fraction of sp³-hybridized carbons (Fsp3) is 0.500. The molecule has 0 aromatic heterocycles. The quantitative estimate of drug-likeness (QED) is 0.851. The molecule has 1 aliphatic heterocycles. The van der Waals surface area contributed by atoms with E-state index >= 15 is 0 Å². The molecule has 19 heavy (non-hydrogen) atoms. The minimum atomic E-state index is -0.344. The van der Waals surface area contributed by atoms with Gasteiger partial charge < -0.3 is 9.80 Å². The monoisotopic (exact) mass is 328 g/mol. The van der Waals surface area contributed by atoms with Gasteiger partial charge in [-0.3, -0.25) is 4.79 Å². The van der Waals surface area contributed by atoms with Gasteiger partial charge in [0.1, 0.15) is 5.82 Å². The number of hydrogen-bond donors (Lipinski definition) is 0. The number of hydrogen-bond acceptors (Lipinski definition) is 2. The van der Waals surface area contributed by atoms with Crippen LogP contribution >= 0.6 is 15.9 Å². The van der Waals surface area contributed by atoms with Gasteiger partial charge in [-0.15, -0.1) is 0 Å². The minimum Gasteiger partial charge on any atom is -0.341 e. The standard InChI is InChI=1S/C14H18BrFN2O/c1-17-6-5-10(8-17)9-18(2)14(19)12-4-3-11(16)7-13(12)15/h3-4,7,10H,5-6,8-9H2,1-2H3. The van der Waals surface area contributed by atoms with Crippen molar-refractivity contribution in [2.75, 3.05) is 33.7 Å². The average Bonchev–Trinajstić information content (AvgIpc) is 2.74. The fourth-order valence-electron chi connectivity index (χ4n) is 2.51. The van der Waals surface area contributed by atoms with Gasteiger partial charge in [0, 0.05) is 24.6 Å². The van der Waals surface area contributed by atoms with E-state index in [1.807, 2.05) is 0 Å². The van der Waals surface area contributed by atoms with E-state index in [9.17, 15) is 9.18 Å². The zero-order chi connectivity index (χ0) is 14.0. The fourth-order valence-corrected chi connectivity index (χ4v) is 3.03. The summed E-state index contributed by atoms with van der Waals surface area (Å²) >= 11 is 3.24. The Balaban J connectivity index is 2.02. The SMILES string of the molecule is CN1CCC(CN(C)C(=O)c2ccc(F)cc2Br)C1. The summed E-state index contributed by atoms with van der Waals surface area (Å²) < 4.78 is 13.5. The first-order chi connectivity index (χ1) is 8.97. The van der Waals surface area contributed by atoms with Gasteiger partial charge in [0.15, 0.2) is 0 Å². The Morgan fingerprint density at radius 2 is 2.32 bits per heavy atom. The highest BCUT2D eigenvalue weighted by Crippen LogP contribution is 2.21. The van der Waals surface area contributed by atoms with Gasteiger partial charge in [-0.25, -0.2) is 4.39 Å². The van der Waals surface area contributed by atoms with Crippen LogP contribution in [0.15, 0.2) is 22.7 Å². The Kier molecular flexibility index (Phi) is 4.58. The molecule has 104 valence electrons. The Labute approximate surface area is 121 Å². The molecule has 0 aliphatic carbocycles. The molecule has 3 nitrogen and oxygen atoms in total. The van der Waals surface area contributed by atoms with Gasteiger partial charge in [-0.1, -0.05) is 0 Å². The van der Waals surface area contributed by atoms with Crippen molar-refractivity contribution in [1.82, 2.24) is 9.80 Å². The molecule has 1 aromatic carbocycles. The zero-order valence-corrected chi connectivity index (χ0v) is 12.8. The third-order valence-corrected chi connectivity index (χ3v) is 4.19. The van der Waals surface area contributed by atoms with Crippen LogP contribution in [-0.2, 0) is 0 Å². The van der Waals surface area contributed by atoms with E-state index in [1.54, 1.807) is 11.9 Å². The Morgan fingerprint density at radius 3 is 2.89 bits per heavy atom. The molecule has 1 aliphatic rings. The summed E-state index contributed by atoms with van der Waals surface area (Å²) in [5.41, 5.74) is 0.509. The van der Waals surface area contributed by atoms with Crippen LogP contribution in [-0.4, -0.2) is 49.4 Å². The van der Waals surface area contributed by atoms with Crippen LogP contribution in [0.3, 0.4) is 0 Å². The summed E-state index contributed by atoms with van der Waals surface area (Å²) in [6.45, 7) is 2.86. The second-order valence-corrected chi connectivity index (χ2v) is 6.08. The van der Waals surface area contributed by atoms with Gasteiger partial charge in [0.2, 0.25) is 0 Å². The average molecular weight is 329 g/mol. The van der Waals surface area contributed by atoms with Crippen LogP contribution in [0.2, 0.25) is 0 Å². The molecular weight excluding hydrogens is 311 g/mol. The summed E-state index contributed by atoms with van der Waals surface area (Å²) in [6.07, 6.45) is 1.12. The number of amides is 1. The lowest BCUT2D eigenvalue weighted by Gasteiger charge is -2.21. The minimum absolute atomic E-state index is 0.0681. The topological polar surface area (TPSA) is 23.6 Å². The maximum absolute atomic E-state index is 13.0. The number of carbonyl (C=O) groups excluding carboxylic acids is 1. The van der Waals surface area contributed by atoms with Gasteiger partial charge >= 0.3 is 0 Å². The molecule has 1 atom stereocenters. The van der Waals surface area contributed by atoms with Crippen LogP contribution in [0, 0.1) is 11.7 Å². The number of likely N-dealkylation sites (tertiary alicyclic amines) is 1. The first-order valence-corrected chi connectivity index (χ1v) is 7.15. The first-order valence-electron chi connectivity index (χ1n) is 6.36. The van der Waals surface area contributed by atoms with E-state index in [2.05, 4.69) is 27.9 Å². The van der Waals surface area contributed by atoms with Gasteiger partial charge in [-0.05, 0) is 60.1 Å². The van der Waals surface area contributed by atoms with Crippen LogP contribution in [0.25, 0.3) is 0 Å². The lowest BCUT2D eigenvalue weighted by molar-refractivity contribution is 0.0773.